The highest BCUT2D eigenvalue weighted by Gasteiger charge is 2.53. The molecule has 0 amide bonds. The number of nitrogens with two attached hydrogens (primary N) is 1. The Kier molecular flexibility index (Phi) is 2.75. The molecule has 0 radical (unpaired) electrons. The molecule has 1 fully saturated rings. The van der Waals surface area contributed by atoms with Crippen molar-refractivity contribution in [2.45, 2.75) is 24.8 Å². The molecule has 4 rings (SSSR count). The predicted octanol–water partition coefficient (Wildman–Crippen LogP) is 2.11. The number of nitrogens with zero attached hydrogens (tertiary/aromatic N) is 3. The van der Waals surface area contributed by atoms with Gasteiger partial charge in [-0.3, -0.25) is 10.1 Å². The zero-order valence-corrected chi connectivity index (χ0v) is 11.8. The van der Waals surface area contributed by atoms with E-state index in [-0.39, 0.29) is 17.5 Å². The quantitative estimate of drug-likeness (QED) is 0.663. The molecule has 2 aliphatic carbocycles. The number of aromatic nitrogens is 2. The highest BCUT2D eigenvalue weighted by Crippen LogP contribution is 2.55. The molecule has 1 heterocycles. The van der Waals surface area contributed by atoms with E-state index < -0.39 is 4.92 Å². The number of fused-ring (bicyclic) bond motifs is 3. The third kappa shape index (κ3) is 1.97. The summed E-state index contributed by atoms with van der Waals surface area (Å²) in [7, 11) is 0. The number of anilines is 2. The Morgan fingerprint density at radius 1 is 1.36 bits per heavy atom. The third-order valence-electron chi connectivity index (χ3n) is 4.62. The second-order valence-electron chi connectivity index (χ2n) is 5.82. The molecule has 112 valence electrons. The van der Waals surface area contributed by atoms with Gasteiger partial charge in [0.25, 0.3) is 0 Å². The topological polar surface area (TPSA) is 107 Å². The van der Waals surface area contributed by atoms with Gasteiger partial charge in [-0.25, -0.2) is 4.98 Å². The second-order valence-corrected chi connectivity index (χ2v) is 5.82. The molecule has 3 atom stereocenters. The number of benzene rings is 1. The molecule has 2 aromatic rings. The molecule has 0 bridgehead atoms. The van der Waals surface area contributed by atoms with Crippen LogP contribution in [0.3, 0.4) is 0 Å². The Morgan fingerprint density at radius 3 is 2.95 bits per heavy atom. The van der Waals surface area contributed by atoms with Gasteiger partial charge >= 0.3 is 5.69 Å². The Morgan fingerprint density at radius 2 is 2.18 bits per heavy atom. The summed E-state index contributed by atoms with van der Waals surface area (Å²) in [6.07, 6.45) is 3.39. The number of rotatable bonds is 3. The zero-order chi connectivity index (χ0) is 15.3. The maximum atomic E-state index is 10.7. The molecule has 0 aliphatic heterocycles. The van der Waals surface area contributed by atoms with Crippen molar-refractivity contribution in [2.75, 3.05) is 11.1 Å². The maximum Gasteiger partial charge on any atom is 0.329 e. The first-order valence-corrected chi connectivity index (χ1v) is 7.26. The zero-order valence-electron chi connectivity index (χ0n) is 11.8. The van der Waals surface area contributed by atoms with Crippen LogP contribution in [0.15, 0.2) is 30.5 Å². The van der Waals surface area contributed by atoms with E-state index in [9.17, 15) is 10.1 Å². The average Bonchev–Trinajstić information content (AvgIpc) is 3.20. The van der Waals surface area contributed by atoms with Gasteiger partial charge in [-0.15, -0.1) is 0 Å². The molecule has 7 nitrogen and oxygen atoms in total. The summed E-state index contributed by atoms with van der Waals surface area (Å²) in [6.45, 7) is 0. The summed E-state index contributed by atoms with van der Waals surface area (Å²) in [4.78, 5) is 18.2. The van der Waals surface area contributed by atoms with Crippen LogP contribution in [0.5, 0.6) is 0 Å². The van der Waals surface area contributed by atoms with Crippen molar-refractivity contribution in [1.82, 2.24) is 9.97 Å². The van der Waals surface area contributed by atoms with Gasteiger partial charge in [0.1, 0.15) is 6.20 Å². The molecule has 7 heteroatoms. The fourth-order valence-electron chi connectivity index (χ4n) is 3.51. The largest absolute Gasteiger partial charge is 0.378 e. The van der Waals surface area contributed by atoms with Crippen LogP contribution in [0.1, 0.15) is 23.5 Å². The summed E-state index contributed by atoms with van der Waals surface area (Å²) in [5.41, 5.74) is 8.16. The minimum atomic E-state index is -0.577. The highest BCUT2D eigenvalue weighted by atomic mass is 16.6. The number of nitro groups is 1. The lowest BCUT2D eigenvalue weighted by Crippen LogP contribution is -2.10. The van der Waals surface area contributed by atoms with E-state index in [1.165, 1.54) is 11.1 Å². The van der Waals surface area contributed by atoms with Gasteiger partial charge in [0.15, 0.2) is 0 Å². The van der Waals surface area contributed by atoms with Crippen molar-refractivity contribution < 1.29 is 4.92 Å². The molecular formula is C15H15N5O2. The SMILES string of the molecule is Nc1nc(NC2C3CCc4ccccc4C32)ncc1[N+](=O)[O-]. The molecule has 0 saturated heterocycles. The van der Waals surface area contributed by atoms with Gasteiger partial charge < -0.3 is 11.1 Å². The Bertz CT molecular complexity index is 763. The first kappa shape index (κ1) is 13.0. The summed E-state index contributed by atoms with van der Waals surface area (Å²) < 4.78 is 0. The van der Waals surface area contributed by atoms with E-state index in [1.807, 2.05) is 0 Å². The molecule has 1 aromatic heterocycles. The van der Waals surface area contributed by atoms with Crippen LogP contribution >= 0.6 is 0 Å². The number of hydrogen-bond acceptors (Lipinski definition) is 6. The fraction of sp³-hybridized carbons (Fsp3) is 0.333. The van der Waals surface area contributed by atoms with Crippen molar-refractivity contribution >= 4 is 17.5 Å². The highest BCUT2D eigenvalue weighted by molar-refractivity contribution is 5.54. The Hall–Kier alpha value is -2.70. The molecule has 2 aliphatic rings. The third-order valence-corrected chi connectivity index (χ3v) is 4.62. The van der Waals surface area contributed by atoms with E-state index in [0.717, 1.165) is 19.0 Å². The first-order valence-electron chi connectivity index (χ1n) is 7.26. The molecule has 1 aromatic carbocycles. The van der Waals surface area contributed by atoms with E-state index in [2.05, 4.69) is 39.6 Å². The Labute approximate surface area is 126 Å². The van der Waals surface area contributed by atoms with E-state index in [0.29, 0.717) is 17.8 Å². The lowest BCUT2D eigenvalue weighted by atomic mass is 9.92. The van der Waals surface area contributed by atoms with Gasteiger partial charge in [-0.2, -0.15) is 4.98 Å². The molecule has 22 heavy (non-hydrogen) atoms. The standard InChI is InChI=1S/C15H15N5O2/c16-14-11(20(21)22)7-17-15(19-14)18-13-10-6-5-8-3-1-2-4-9(8)12(10)13/h1-4,7,10,12-13H,5-6H2,(H3,16,17,18,19). The van der Waals surface area contributed by atoms with Gasteiger partial charge in [-0.05, 0) is 29.9 Å². The van der Waals surface area contributed by atoms with Crippen molar-refractivity contribution in [2.24, 2.45) is 5.92 Å². The molecule has 0 spiro atoms. The maximum absolute atomic E-state index is 10.7. The molecular weight excluding hydrogens is 282 g/mol. The van der Waals surface area contributed by atoms with E-state index in [1.54, 1.807) is 0 Å². The monoisotopic (exact) mass is 297 g/mol. The normalized spacial score (nSPS) is 25.0. The minimum absolute atomic E-state index is 0.105. The number of aryl methyl sites for hydroxylation is 1. The first-order chi connectivity index (χ1) is 10.6. The molecule has 1 saturated carbocycles. The van der Waals surface area contributed by atoms with Crippen molar-refractivity contribution in [1.29, 1.82) is 0 Å². The lowest BCUT2D eigenvalue weighted by Gasteiger charge is -2.13. The van der Waals surface area contributed by atoms with Crippen molar-refractivity contribution in [3.8, 4) is 0 Å². The summed E-state index contributed by atoms with van der Waals surface area (Å²) in [5, 5.41) is 14.0. The lowest BCUT2D eigenvalue weighted by molar-refractivity contribution is -0.384. The fourth-order valence-corrected chi connectivity index (χ4v) is 3.51. The number of hydrogen-bond donors (Lipinski definition) is 2. The predicted molar refractivity (Wildman–Crippen MR) is 81.5 cm³/mol. The number of nitrogens with one attached hydrogen (secondary N) is 1. The van der Waals surface area contributed by atoms with Crippen molar-refractivity contribution in [3.63, 3.8) is 0 Å². The minimum Gasteiger partial charge on any atom is -0.378 e. The van der Waals surface area contributed by atoms with Gasteiger partial charge in [-0.1, -0.05) is 24.3 Å². The molecule has 3 unspecified atom stereocenters. The summed E-state index contributed by atoms with van der Waals surface area (Å²) >= 11 is 0. The van der Waals surface area contributed by atoms with Crippen LogP contribution in [0, 0.1) is 16.0 Å². The van der Waals surface area contributed by atoms with Crippen LogP contribution in [-0.4, -0.2) is 20.9 Å². The van der Waals surface area contributed by atoms with Gasteiger partial charge in [0.05, 0.1) is 4.92 Å². The summed E-state index contributed by atoms with van der Waals surface area (Å²) in [5.74, 6) is 1.31. The van der Waals surface area contributed by atoms with Crippen LogP contribution in [0.25, 0.3) is 0 Å². The summed E-state index contributed by atoms with van der Waals surface area (Å²) in [6, 6.07) is 8.78. The number of nitrogen functional groups attached to an aromatic ring is 1. The van der Waals surface area contributed by atoms with E-state index in [4.69, 9.17) is 5.73 Å². The Balaban J connectivity index is 1.55. The van der Waals surface area contributed by atoms with Crippen molar-refractivity contribution in [3.05, 3.63) is 51.7 Å². The van der Waals surface area contributed by atoms with Crippen LogP contribution in [0.2, 0.25) is 0 Å². The average molecular weight is 297 g/mol. The smallest absolute Gasteiger partial charge is 0.329 e. The molecule has 3 N–H and O–H groups in total. The second kappa shape index (κ2) is 4.66. The van der Waals surface area contributed by atoms with Crippen LogP contribution in [-0.2, 0) is 6.42 Å². The van der Waals surface area contributed by atoms with Gasteiger partial charge in [0.2, 0.25) is 11.8 Å². The van der Waals surface area contributed by atoms with Crippen LogP contribution < -0.4 is 11.1 Å². The van der Waals surface area contributed by atoms with E-state index >= 15 is 0 Å². The van der Waals surface area contributed by atoms with Crippen LogP contribution in [0.4, 0.5) is 17.5 Å². The van der Waals surface area contributed by atoms with Gasteiger partial charge in [0, 0.05) is 12.0 Å².